The van der Waals surface area contributed by atoms with E-state index in [0.717, 1.165) is 19.6 Å². The van der Waals surface area contributed by atoms with Gasteiger partial charge in [-0.2, -0.15) is 0 Å². The number of nitrogens with one attached hydrogen (secondary N) is 1. The van der Waals surface area contributed by atoms with Crippen molar-refractivity contribution in [2.24, 2.45) is 0 Å². The SMILES string of the molecule is CN(C)NC(=O)CCN1CCCC1. The molecule has 0 aliphatic carbocycles. The minimum absolute atomic E-state index is 0.108. The van der Waals surface area contributed by atoms with Gasteiger partial charge < -0.3 is 4.90 Å². The van der Waals surface area contributed by atoms with Crippen LogP contribution < -0.4 is 5.43 Å². The smallest absolute Gasteiger partial charge is 0.235 e. The lowest BCUT2D eigenvalue weighted by Crippen LogP contribution is -2.37. The van der Waals surface area contributed by atoms with Crippen molar-refractivity contribution in [3.8, 4) is 0 Å². The molecule has 1 saturated heterocycles. The number of amides is 1. The molecule has 0 atom stereocenters. The van der Waals surface area contributed by atoms with Gasteiger partial charge in [0.1, 0.15) is 0 Å². The Morgan fingerprint density at radius 2 is 2.00 bits per heavy atom. The molecule has 1 rings (SSSR count). The summed E-state index contributed by atoms with van der Waals surface area (Å²) in [6, 6.07) is 0. The van der Waals surface area contributed by atoms with Gasteiger partial charge in [0, 0.05) is 27.1 Å². The number of nitrogens with zero attached hydrogens (tertiary/aromatic N) is 2. The minimum atomic E-state index is 0.108. The molecule has 76 valence electrons. The Morgan fingerprint density at radius 3 is 2.54 bits per heavy atom. The molecular formula is C9H19N3O. The van der Waals surface area contributed by atoms with Crippen molar-refractivity contribution in [1.82, 2.24) is 15.3 Å². The van der Waals surface area contributed by atoms with E-state index in [2.05, 4.69) is 10.3 Å². The van der Waals surface area contributed by atoms with E-state index in [1.54, 1.807) is 5.01 Å². The molecule has 1 aliphatic heterocycles. The Balaban J connectivity index is 2.07. The summed E-state index contributed by atoms with van der Waals surface area (Å²) in [5.41, 5.74) is 2.73. The van der Waals surface area contributed by atoms with Crippen LogP contribution in [0.1, 0.15) is 19.3 Å². The first-order chi connectivity index (χ1) is 6.18. The van der Waals surface area contributed by atoms with Gasteiger partial charge in [0.2, 0.25) is 5.91 Å². The van der Waals surface area contributed by atoms with E-state index in [4.69, 9.17) is 0 Å². The summed E-state index contributed by atoms with van der Waals surface area (Å²) in [6.07, 6.45) is 3.18. The maximum absolute atomic E-state index is 11.2. The van der Waals surface area contributed by atoms with Gasteiger partial charge in [-0.05, 0) is 25.9 Å². The van der Waals surface area contributed by atoms with Gasteiger partial charge in [0.25, 0.3) is 0 Å². The van der Waals surface area contributed by atoms with Crippen molar-refractivity contribution in [3.05, 3.63) is 0 Å². The molecule has 1 aliphatic rings. The number of hydrogen-bond acceptors (Lipinski definition) is 3. The fourth-order valence-corrected chi connectivity index (χ4v) is 1.57. The predicted molar refractivity (Wildman–Crippen MR) is 52.1 cm³/mol. The van der Waals surface area contributed by atoms with E-state index in [0.29, 0.717) is 6.42 Å². The van der Waals surface area contributed by atoms with Crippen LogP contribution in [0.4, 0.5) is 0 Å². The lowest BCUT2D eigenvalue weighted by atomic mass is 10.4. The van der Waals surface area contributed by atoms with Crippen molar-refractivity contribution in [1.29, 1.82) is 0 Å². The van der Waals surface area contributed by atoms with Crippen LogP contribution in [0.3, 0.4) is 0 Å². The highest BCUT2D eigenvalue weighted by Gasteiger charge is 2.12. The van der Waals surface area contributed by atoms with Gasteiger partial charge in [0.05, 0.1) is 0 Å². The average molecular weight is 185 g/mol. The summed E-state index contributed by atoms with van der Waals surface area (Å²) in [4.78, 5) is 13.6. The molecule has 1 amide bonds. The molecule has 4 nitrogen and oxygen atoms in total. The summed E-state index contributed by atoms with van der Waals surface area (Å²) in [5, 5.41) is 1.69. The number of hydrogen-bond donors (Lipinski definition) is 1. The summed E-state index contributed by atoms with van der Waals surface area (Å²) in [5.74, 6) is 0.108. The largest absolute Gasteiger partial charge is 0.303 e. The predicted octanol–water partition coefficient (Wildman–Crippen LogP) is 0.0651. The van der Waals surface area contributed by atoms with Crippen LogP contribution in [-0.2, 0) is 4.79 Å². The molecule has 4 heteroatoms. The highest BCUT2D eigenvalue weighted by atomic mass is 16.2. The van der Waals surface area contributed by atoms with E-state index >= 15 is 0 Å². The third-order valence-electron chi connectivity index (χ3n) is 2.20. The second-order valence-electron chi connectivity index (χ2n) is 3.73. The molecule has 0 aromatic rings. The summed E-state index contributed by atoms with van der Waals surface area (Å²) in [7, 11) is 3.65. The van der Waals surface area contributed by atoms with E-state index in [1.165, 1.54) is 12.8 Å². The minimum Gasteiger partial charge on any atom is -0.303 e. The van der Waals surface area contributed by atoms with Crippen LogP contribution in [0.15, 0.2) is 0 Å². The maximum Gasteiger partial charge on any atom is 0.235 e. The third kappa shape index (κ3) is 4.24. The first-order valence-corrected chi connectivity index (χ1v) is 4.87. The second kappa shape index (κ2) is 5.19. The zero-order valence-electron chi connectivity index (χ0n) is 8.55. The highest BCUT2D eigenvalue weighted by Crippen LogP contribution is 2.06. The summed E-state index contributed by atoms with van der Waals surface area (Å²) >= 11 is 0. The van der Waals surface area contributed by atoms with Crippen LogP contribution in [0.25, 0.3) is 0 Å². The first kappa shape index (κ1) is 10.5. The average Bonchev–Trinajstić information content (AvgIpc) is 2.51. The quantitative estimate of drug-likeness (QED) is 0.629. The van der Waals surface area contributed by atoms with Crippen molar-refractivity contribution in [2.45, 2.75) is 19.3 Å². The molecule has 0 aromatic carbocycles. The molecule has 0 spiro atoms. The van der Waals surface area contributed by atoms with Crippen LogP contribution in [0, 0.1) is 0 Å². The number of carbonyl (C=O) groups excluding carboxylic acids is 1. The van der Waals surface area contributed by atoms with Crippen LogP contribution >= 0.6 is 0 Å². The number of carbonyl (C=O) groups is 1. The Morgan fingerprint density at radius 1 is 1.38 bits per heavy atom. The topological polar surface area (TPSA) is 35.6 Å². The van der Waals surface area contributed by atoms with Crippen LogP contribution in [0.5, 0.6) is 0 Å². The first-order valence-electron chi connectivity index (χ1n) is 4.87. The standard InChI is InChI=1S/C9H19N3O/c1-11(2)10-9(13)5-8-12-6-3-4-7-12/h3-8H2,1-2H3,(H,10,13). The Bertz CT molecular complexity index is 164. The summed E-state index contributed by atoms with van der Waals surface area (Å²) < 4.78 is 0. The van der Waals surface area contributed by atoms with E-state index in [9.17, 15) is 4.79 Å². The van der Waals surface area contributed by atoms with Gasteiger partial charge in [-0.15, -0.1) is 0 Å². The third-order valence-corrected chi connectivity index (χ3v) is 2.20. The Kier molecular flexibility index (Phi) is 4.18. The van der Waals surface area contributed by atoms with E-state index < -0.39 is 0 Å². The van der Waals surface area contributed by atoms with E-state index in [-0.39, 0.29) is 5.91 Å². The Labute approximate surface area is 79.9 Å². The molecule has 1 fully saturated rings. The normalized spacial score (nSPS) is 18.1. The van der Waals surface area contributed by atoms with Crippen molar-refractivity contribution in [3.63, 3.8) is 0 Å². The van der Waals surface area contributed by atoms with Crippen LogP contribution in [-0.4, -0.2) is 49.5 Å². The van der Waals surface area contributed by atoms with Gasteiger partial charge >= 0.3 is 0 Å². The summed E-state index contributed by atoms with van der Waals surface area (Å²) in [6.45, 7) is 3.23. The van der Waals surface area contributed by atoms with Crippen molar-refractivity contribution in [2.75, 3.05) is 33.7 Å². The lowest BCUT2D eigenvalue weighted by molar-refractivity contribution is -0.125. The van der Waals surface area contributed by atoms with Gasteiger partial charge in [-0.3, -0.25) is 10.2 Å². The zero-order valence-corrected chi connectivity index (χ0v) is 8.55. The fraction of sp³-hybridized carbons (Fsp3) is 0.889. The fourth-order valence-electron chi connectivity index (χ4n) is 1.57. The van der Waals surface area contributed by atoms with Crippen molar-refractivity contribution >= 4 is 5.91 Å². The molecule has 0 aromatic heterocycles. The molecule has 0 unspecified atom stereocenters. The van der Waals surface area contributed by atoms with Gasteiger partial charge in [-0.1, -0.05) is 0 Å². The van der Waals surface area contributed by atoms with Gasteiger partial charge in [-0.25, -0.2) is 5.01 Å². The molecule has 0 radical (unpaired) electrons. The van der Waals surface area contributed by atoms with E-state index in [1.807, 2.05) is 14.1 Å². The highest BCUT2D eigenvalue weighted by molar-refractivity contribution is 5.75. The second-order valence-corrected chi connectivity index (χ2v) is 3.73. The molecule has 0 bridgehead atoms. The maximum atomic E-state index is 11.2. The van der Waals surface area contributed by atoms with Crippen LogP contribution in [0.2, 0.25) is 0 Å². The number of rotatable bonds is 4. The van der Waals surface area contributed by atoms with Crippen molar-refractivity contribution < 1.29 is 4.79 Å². The number of hydrazine groups is 1. The lowest BCUT2D eigenvalue weighted by Gasteiger charge is -2.16. The number of likely N-dealkylation sites (tertiary alicyclic amines) is 1. The molecule has 1 N–H and O–H groups in total. The molecular weight excluding hydrogens is 166 g/mol. The monoisotopic (exact) mass is 185 g/mol. The molecule has 1 heterocycles. The Hall–Kier alpha value is -0.610. The van der Waals surface area contributed by atoms with Gasteiger partial charge in [0.15, 0.2) is 0 Å². The molecule has 13 heavy (non-hydrogen) atoms. The zero-order chi connectivity index (χ0) is 9.68. The molecule has 0 saturated carbocycles.